The van der Waals surface area contributed by atoms with E-state index in [1.54, 1.807) is 11.8 Å². The standard InChI is InChI=1S/C18H13NO2S/c1-21-19-14-8-4-2-6-12(14)10-15(19)18(20)17-11-13-7-3-5-9-16(13)22-17/h2-11H,1H3. The molecule has 2 heterocycles. The van der Waals surface area contributed by atoms with Crippen LogP contribution in [-0.4, -0.2) is 17.6 Å². The quantitative estimate of drug-likeness (QED) is 0.533. The highest BCUT2D eigenvalue weighted by Gasteiger charge is 2.19. The lowest BCUT2D eigenvalue weighted by Gasteiger charge is -2.06. The number of fused-ring (bicyclic) bond motifs is 2. The van der Waals surface area contributed by atoms with E-state index in [1.165, 1.54) is 11.3 Å². The predicted molar refractivity (Wildman–Crippen MR) is 89.7 cm³/mol. The molecule has 4 heteroatoms. The summed E-state index contributed by atoms with van der Waals surface area (Å²) >= 11 is 1.51. The van der Waals surface area contributed by atoms with Crippen LogP contribution in [0.2, 0.25) is 0 Å². The molecule has 0 aliphatic carbocycles. The lowest BCUT2D eigenvalue weighted by Crippen LogP contribution is -2.13. The first-order chi connectivity index (χ1) is 10.8. The summed E-state index contributed by atoms with van der Waals surface area (Å²) in [5, 5.41) is 2.09. The summed E-state index contributed by atoms with van der Waals surface area (Å²) in [6.07, 6.45) is 0. The number of hydrogen-bond acceptors (Lipinski definition) is 3. The van der Waals surface area contributed by atoms with Crippen molar-refractivity contribution < 1.29 is 9.63 Å². The Bertz CT molecular complexity index is 964. The Kier molecular flexibility index (Phi) is 2.98. The van der Waals surface area contributed by atoms with Gasteiger partial charge in [0.2, 0.25) is 5.78 Å². The zero-order valence-electron chi connectivity index (χ0n) is 11.9. The Labute approximate surface area is 131 Å². The topological polar surface area (TPSA) is 31.2 Å². The summed E-state index contributed by atoms with van der Waals surface area (Å²) in [5.74, 6) is -0.0146. The summed E-state index contributed by atoms with van der Waals surface area (Å²) in [5.41, 5.74) is 1.45. The molecule has 0 saturated carbocycles. The normalized spacial score (nSPS) is 11.1. The summed E-state index contributed by atoms with van der Waals surface area (Å²) < 4.78 is 2.72. The first-order valence-electron chi connectivity index (χ1n) is 6.96. The summed E-state index contributed by atoms with van der Waals surface area (Å²) in [7, 11) is 1.58. The van der Waals surface area contributed by atoms with Gasteiger partial charge in [-0.2, -0.15) is 4.73 Å². The van der Waals surface area contributed by atoms with Crippen molar-refractivity contribution in [3.05, 3.63) is 71.2 Å². The van der Waals surface area contributed by atoms with E-state index in [1.807, 2.05) is 60.7 Å². The highest BCUT2D eigenvalue weighted by Crippen LogP contribution is 2.28. The number of nitrogens with zero attached hydrogens (tertiary/aromatic N) is 1. The maximum atomic E-state index is 12.9. The molecule has 0 aliphatic heterocycles. The number of hydrogen-bond donors (Lipinski definition) is 0. The van der Waals surface area contributed by atoms with Crippen molar-refractivity contribution in [2.24, 2.45) is 0 Å². The lowest BCUT2D eigenvalue weighted by molar-refractivity contribution is 0.0988. The summed E-state index contributed by atoms with van der Waals surface area (Å²) in [4.78, 5) is 19.0. The third-order valence-corrected chi connectivity index (χ3v) is 4.85. The van der Waals surface area contributed by atoms with Crippen LogP contribution in [0, 0.1) is 0 Å². The number of aromatic nitrogens is 1. The molecule has 0 N–H and O–H groups in total. The number of rotatable bonds is 3. The van der Waals surface area contributed by atoms with Gasteiger partial charge in [0.05, 0.1) is 10.4 Å². The van der Waals surface area contributed by atoms with Gasteiger partial charge in [-0.05, 0) is 29.7 Å². The molecule has 0 unspecified atom stereocenters. The number of para-hydroxylation sites is 1. The molecule has 22 heavy (non-hydrogen) atoms. The van der Waals surface area contributed by atoms with Crippen LogP contribution in [0.25, 0.3) is 21.0 Å². The SMILES string of the molecule is COn1c(C(=O)c2cc3ccccc3s2)cc2ccccc21. The second-order valence-corrected chi connectivity index (χ2v) is 6.13. The fraction of sp³-hybridized carbons (Fsp3) is 0.0556. The molecule has 2 aromatic carbocycles. The fourth-order valence-electron chi connectivity index (χ4n) is 2.70. The van der Waals surface area contributed by atoms with E-state index >= 15 is 0 Å². The molecule has 0 saturated heterocycles. The Morgan fingerprint density at radius 3 is 2.50 bits per heavy atom. The maximum absolute atomic E-state index is 12.9. The van der Waals surface area contributed by atoms with Gasteiger partial charge < -0.3 is 4.84 Å². The van der Waals surface area contributed by atoms with Gasteiger partial charge in [0.15, 0.2) is 0 Å². The minimum absolute atomic E-state index is 0.0146. The van der Waals surface area contributed by atoms with Crippen LogP contribution in [-0.2, 0) is 0 Å². The average Bonchev–Trinajstić information content (AvgIpc) is 3.15. The van der Waals surface area contributed by atoms with E-state index in [9.17, 15) is 4.79 Å². The van der Waals surface area contributed by atoms with Gasteiger partial charge >= 0.3 is 0 Å². The summed E-state index contributed by atoms with van der Waals surface area (Å²) in [6.45, 7) is 0. The van der Waals surface area contributed by atoms with E-state index in [-0.39, 0.29) is 5.78 Å². The van der Waals surface area contributed by atoms with E-state index < -0.39 is 0 Å². The van der Waals surface area contributed by atoms with Crippen LogP contribution >= 0.6 is 11.3 Å². The second-order valence-electron chi connectivity index (χ2n) is 5.04. The van der Waals surface area contributed by atoms with Gasteiger partial charge in [0.25, 0.3) is 0 Å². The molecule has 108 valence electrons. The zero-order chi connectivity index (χ0) is 15.1. The molecule has 0 radical (unpaired) electrons. The Morgan fingerprint density at radius 2 is 1.73 bits per heavy atom. The molecule has 0 bridgehead atoms. The summed E-state index contributed by atoms with van der Waals surface area (Å²) in [6, 6.07) is 19.7. The molecule has 2 aromatic heterocycles. The third-order valence-electron chi connectivity index (χ3n) is 3.73. The van der Waals surface area contributed by atoms with E-state index in [0.29, 0.717) is 5.69 Å². The number of ketones is 1. The van der Waals surface area contributed by atoms with Gasteiger partial charge in [0, 0.05) is 10.1 Å². The molecule has 0 aliphatic rings. The molecule has 0 atom stereocenters. The largest absolute Gasteiger partial charge is 0.416 e. The van der Waals surface area contributed by atoms with Crippen LogP contribution in [0.15, 0.2) is 60.7 Å². The average molecular weight is 307 g/mol. The molecule has 4 rings (SSSR count). The van der Waals surface area contributed by atoms with Crippen molar-refractivity contribution in [2.75, 3.05) is 7.11 Å². The van der Waals surface area contributed by atoms with Gasteiger partial charge in [-0.3, -0.25) is 4.79 Å². The third kappa shape index (κ3) is 1.92. The lowest BCUT2D eigenvalue weighted by atomic mass is 10.2. The van der Waals surface area contributed by atoms with Crippen molar-refractivity contribution in [2.45, 2.75) is 0 Å². The van der Waals surface area contributed by atoms with Gasteiger partial charge in [-0.25, -0.2) is 0 Å². The second kappa shape index (κ2) is 5.00. The van der Waals surface area contributed by atoms with Gasteiger partial charge in [0.1, 0.15) is 12.8 Å². The number of thiophene rings is 1. The Hall–Kier alpha value is -2.59. The van der Waals surface area contributed by atoms with Crippen molar-refractivity contribution >= 4 is 38.1 Å². The zero-order valence-corrected chi connectivity index (χ0v) is 12.8. The van der Waals surface area contributed by atoms with Crippen LogP contribution in [0.1, 0.15) is 15.4 Å². The van der Waals surface area contributed by atoms with Crippen molar-refractivity contribution in [3.8, 4) is 0 Å². The maximum Gasteiger partial charge on any atom is 0.222 e. The molecule has 4 aromatic rings. The number of benzene rings is 2. The van der Waals surface area contributed by atoms with Crippen LogP contribution in [0.3, 0.4) is 0 Å². The number of carbonyl (C=O) groups excluding carboxylic acids is 1. The predicted octanol–water partition coefficient (Wildman–Crippen LogP) is 4.15. The highest BCUT2D eigenvalue weighted by atomic mass is 32.1. The smallest absolute Gasteiger partial charge is 0.222 e. The Balaban J connectivity index is 1.88. The monoisotopic (exact) mass is 307 g/mol. The van der Waals surface area contributed by atoms with Crippen LogP contribution in [0.5, 0.6) is 0 Å². The van der Waals surface area contributed by atoms with Crippen LogP contribution < -0.4 is 4.84 Å². The first-order valence-corrected chi connectivity index (χ1v) is 7.78. The van der Waals surface area contributed by atoms with E-state index in [0.717, 1.165) is 25.9 Å². The minimum atomic E-state index is -0.0146. The molecule has 0 fully saturated rings. The molecule has 3 nitrogen and oxygen atoms in total. The van der Waals surface area contributed by atoms with E-state index in [4.69, 9.17) is 4.84 Å². The highest BCUT2D eigenvalue weighted by molar-refractivity contribution is 7.21. The molecule has 0 spiro atoms. The van der Waals surface area contributed by atoms with Crippen molar-refractivity contribution in [3.63, 3.8) is 0 Å². The van der Waals surface area contributed by atoms with Gasteiger partial charge in [-0.1, -0.05) is 36.4 Å². The first kappa shape index (κ1) is 13.1. The fourth-order valence-corrected chi connectivity index (χ4v) is 3.72. The van der Waals surface area contributed by atoms with E-state index in [2.05, 4.69) is 0 Å². The molecular formula is C18H13NO2S. The van der Waals surface area contributed by atoms with Crippen molar-refractivity contribution in [1.82, 2.24) is 4.73 Å². The van der Waals surface area contributed by atoms with Crippen LogP contribution in [0.4, 0.5) is 0 Å². The molecule has 0 amide bonds. The minimum Gasteiger partial charge on any atom is -0.416 e. The Morgan fingerprint density at radius 1 is 1.00 bits per heavy atom. The molecular weight excluding hydrogens is 294 g/mol. The van der Waals surface area contributed by atoms with Crippen molar-refractivity contribution in [1.29, 1.82) is 0 Å². The van der Waals surface area contributed by atoms with Gasteiger partial charge in [-0.15, -0.1) is 11.3 Å². The number of carbonyl (C=O) groups is 1.